The molecule has 0 spiro atoms. The molecule has 0 aromatic heterocycles. The molecule has 14 heavy (non-hydrogen) atoms. The lowest BCUT2D eigenvalue weighted by Gasteiger charge is -2.36. The van der Waals surface area contributed by atoms with Gasteiger partial charge in [0.15, 0.2) is 0 Å². The number of carbonyl (C=O) groups is 2. The molecule has 1 atom stereocenters. The third kappa shape index (κ3) is 0.962. The van der Waals surface area contributed by atoms with E-state index in [9.17, 15) is 31.5 Å². The molecular weight excluding hydrogens is 215 g/mol. The fourth-order valence-electron chi connectivity index (χ4n) is 0.795. The van der Waals surface area contributed by atoms with E-state index >= 15 is 0 Å². The van der Waals surface area contributed by atoms with Crippen molar-refractivity contribution in [2.24, 2.45) is 0 Å². The van der Waals surface area contributed by atoms with E-state index in [0.29, 0.717) is 0 Å². The second-order valence-electron chi connectivity index (χ2n) is 2.83. The number of rotatable bonds is 0. The highest BCUT2D eigenvalue weighted by atomic mass is 19.3. The van der Waals surface area contributed by atoms with Crippen LogP contribution in [0.25, 0.3) is 0 Å². The molecule has 1 saturated heterocycles. The Labute approximate surface area is 73.8 Å². The van der Waals surface area contributed by atoms with Gasteiger partial charge in [-0.15, -0.1) is 0 Å². The van der Waals surface area contributed by atoms with Gasteiger partial charge < -0.3 is 4.74 Å². The monoisotopic (exact) mass is 218 g/mol. The van der Waals surface area contributed by atoms with Crippen LogP contribution in [-0.4, -0.2) is 29.5 Å². The molecule has 1 rings (SSSR count). The number of ether oxygens (including phenoxy) is 1. The molecule has 0 saturated carbocycles. The lowest BCUT2D eigenvalue weighted by atomic mass is 9.92. The second kappa shape index (κ2) is 2.43. The summed E-state index contributed by atoms with van der Waals surface area (Å²) in [6, 6.07) is 0. The highest BCUT2D eigenvalue weighted by Crippen LogP contribution is 2.48. The summed E-state index contributed by atoms with van der Waals surface area (Å²) in [4.78, 5) is 20.6. The summed E-state index contributed by atoms with van der Waals surface area (Å²) in [6.45, 7) is -0.0737. The summed E-state index contributed by atoms with van der Waals surface area (Å²) in [6.07, 6.45) is 0. The van der Waals surface area contributed by atoms with Crippen LogP contribution in [0.15, 0.2) is 0 Å². The SMILES string of the molecule is CC1(F)C(=O)OC(=O)C(F)(F)C1(F)F. The third-order valence-corrected chi connectivity index (χ3v) is 1.81. The molecule has 3 nitrogen and oxygen atoms in total. The molecule has 1 aliphatic rings. The van der Waals surface area contributed by atoms with Gasteiger partial charge >= 0.3 is 23.8 Å². The summed E-state index contributed by atoms with van der Waals surface area (Å²) < 4.78 is 66.1. The van der Waals surface area contributed by atoms with E-state index in [1.807, 2.05) is 0 Å². The van der Waals surface area contributed by atoms with Crippen molar-refractivity contribution in [3.05, 3.63) is 0 Å². The van der Waals surface area contributed by atoms with Crippen LogP contribution in [-0.2, 0) is 14.3 Å². The van der Waals surface area contributed by atoms with Crippen molar-refractivity contribution in [2.75, 3.05) is 0 Å². The van der Waals surface area contributed by atoms with Crippen molar-refractivity contribution in [2.45, 2.75) is 24.4 Å². The summed E-state index contributed by atoms with van der Waals surface area (Å²) in [5.41, 5.74) is -4.22. The summed E-state index contributed by atoms with van der Waals surface area (Å²) in [7, 11) is 0. The Hall–Kier alpha value is -1.21. The fraction of sp³-hybridized carbons (Fsp3) is 0.667. The fourth-order valence-corrected chi connectivity index (χ4v) is 0.795. The molecule has 0 radical (unpaired) electrons. The van der Waals surface area contributed by atoms with E-state index in [2.05, 4.69) is 4.74 Å². The molecule has 0 N–H and O–H groups in total. The highest BCUT2D eigenvalue weighted by Gasteiger charge is 2.79. The van der Waals surface area contributed by atoms with Gasteiger partial charge in [-0.3, -0.25) is 0 Å². The van der Waals surface area contributed by atoms with Crippen molar-refractivity contribution >= 4 is 11.9 Å². The predicted molar refractivity (Wildman–Crippen MR) is 30.5 cm³/mol. The van der Waals surface area contributed by atoms with Crippen molar-refractivity contribution in [3.63, 3.8) is 0 Å². The lowest BCUT2D eigenvalue weighted by molar-refractivity contribution is -0.285. The van der Waals surface area contributed by atoms with Crippen molar-refractivity contribution in [3.8, 4) is 0 Å². The first-order valence-electron chi connectivity index (χ1n) is 3.26. The second-order valence-corrected chi connectivity index (χ2v) is 2.83. The Balaban J connectivity index is 3.31. The minimum absolute atomic E-state index is 0.0737. The minimum Gasteiger partial charge on any atom is -0.386 e. The molecule has 0 bridgehead atoms. The van der Waals surface area contributed by atoms with E-state index in [0.717, 1.165) is 0 Å². The number of alkyl halides is 5. The van der Waals surface area contributed by atoms with Crippen LogP contribution in [0.3, 0.4) is 0 Å². The average molecular weight is 218 g/mol. The lowest BCUT2D eigenvalue weighted by Crippen LogP contribution is -2.67. The minimum atomic E-state index is -5.41. The molecule has 0 aromatic rings. The van der Waals surface area contributed by atoms with Crippen LogP contribution in [0.2, 0.25) is 0 Å². The van der Waals surface area contributed by atoms with Gasteiger partial charge in [0, 0.05) is 0 Å². The Morgan fingerprint density at radius 2 is 1.43 bits per heavy atom. The van der Waals surface area contributed by atoms with Crippen molar-refractivity contribution < 1.29 is 36.3 Å². The smallest absolute Gasteiger partial charge is 0.386 e. The average Bonchev–Trinajstić information content (AvgIpc) is 2.01. The number of halogens is 5. The molecule has 0 aromatic carbocycles. The molecule has 1 unspecified atom stereocenters. The van der Waals surface area contributed by atoms with Crippen LogP contribution >= 0.6 is 0 Å². The molecule has 1 aliphatic heterocycles. The van der Waals surface area contributed by atoms with Gasteiger partial charge in [-0.2, -0.15) is 17.6 Å². The Morgan fingerprint density at radius 3 is 1.86 bits per heavy atom. The van der Waals surface area contributed by atoms with Gasteiger partial charge in [0.1, 0.15) is 0 Å². The van der Waals surface area contributed by atoms with Gasteiger partial charge in [-0.25, -0.2) is 14.0 Å². The zero-order chi connectivity index (χ0) is 11.4. The number of hydrogen-bond donors (Lipinski definition) is 0. The standard InChI is InChI=1S/C6H3F5O3/c1-4(7)2(12)14-3(13)5(8,9)6(4,10)11/h1H3. The zero-order valence-corrected chi connectivity index (χ0v) is 6.61. The van der Waals surface area contributed by atoms with Crippen molar-refractivity contribution in [1.82, 2.24) is 0 Å². The van der Waals surface area contributed by atoms with E-state index in [4.69, 9.17) is 0 Å². The van der Waals surface area contributed by atoms with Crippen molar-refractivity contribution in [1.29, 1.82) is 0 Å². The number of hydrogen-bond acceptors (Lipinski definition) is 3. The van der Waals surface area contributed by atoms with E-state index in [-0.39, 0.29) is 6.92 Å². The van der Waals surface area contributed by atoms with Gasteiger partial charge in [0.05, 0.1) is 0 Å². The summed E-state index contributed by atoms with van der Waals surface area (Å²) in [5.74, 6) is -15.8. The number of carbonyl (C=O) groups excluding carboxylic acids is 2. The first kappa shape index (κ1) is 10.9. The largest absolute Gasteiger partial charge is 0.408 e. The molecular formula is C6H3F5O3. The number of esters is 2. The maximum absolute atomic E-state index is 12.9. The number of cyclic esters (lactones) is 2. The van der Waals surface area contributed by atoms with Crippen LogP contribution in [0.4, 0.5) is 22.0 Å². The van der Waals surface area contributed by atoms with Gasteiger partial charge in [-0.1, -0.05) is 0 Å². The van der Waals surface area contributed by atoms with Gasteiger partial charge in [0.2, 0.25) is 0 Å². The summed E-state index contributed by atoms with van der Waals surface area (Å²) in [5, 5.41) is 0. The van der Waals surface area contributed by atoms with E-state index in [1.54, 1.807) is 0 Å². The van der Waals surface area contributed by atoms with Crippen LogP contribution < -0.4 is 0 Å². The Bertz CT molecular complexity index is 281. The quantitative estimate of drug-likeness (QED) is 0.347. The predicted octanol–water partition coefficient (Wildman–Crippen LogP) is 1.07. The van der Waals surface area contributed by atoms with Gasteiger partial charge in [0.25, 0.3) is 5.67 Å². The van der Waals surface area contributed by atoms with E-state index < -0.39 is 29.5 Å². The highest BCUT2D eigenvalue weighted by molar-refractivity contribution is 5.98. The molecule has 1 heterocycles. The van der Waals surface area contributed by atoms with Crippen LogP contribution in [0.5, 0.6) is 0 Å². The third-order valence-electron chi connectivity index (χ3n) is 1.81. The first-order valence-corrected chi connectivity index (χ1v) is 3.26. The molecule has 80 valence electrons. The zero-order valence-electron chi connectivity index (χ0n) is 6.61. The molecule has 0 aliphatic carbocycles. The maximum atomic E-state index is 12.9. The molecule has 0 amide bonds. The molecule has 1 fully saturated rings. The van der Waals surface area contributed by atoms with Crippen LogP contribution in [0.1, 0.15) is 6.92 Å². The van der Waals surface area contributed by atoms with Gasteiger partial charge in [-0.05, 0) is 6.92 Å². The van der Waals surface area contributed by atoms with Crippen LogP contribution in [0, 0.1) is 0 Å². The Morgan fingerprint density at radius 1 is 1.00 bits per heavy atom. The first-order chi connectivity index (χ1) is 6.05. The topological polar surface area (TPSA) is 43.4 Å². The molecule has 8 heteroatoms. The normalized spacial score (nSPS) is 35.3. The summed E-state index contributed by atoms with van der Waals surface area (Å²) >= 11 is 0. The Kier molecular flexibility index (Phi) is 1.88. The maximum Gasteiger partial charge on any atom is 0.408 e. The van der Waals surface area contributed by atoms with E-state index in [1.165, 1.54) is 0 Å².